The number of hydrogen-bond donors (Lipinski definition) is 0. The molecule has 0 bridgehead atoms. The molecule has 0 heterocycles. The first-order valence-electron chi connectivity index (χ1n) is 10.1. The van der Waals surface area contributed by atoms with Gasteiger partial charge in [-0.3, -0.25) is 4.79 Å². The molecule has 0 unspecified atom stereocenters. The van der Waals surface area contributed by atoms with Crippen molar-refractivity contribution in [3.05, 3.63) is 113 Å². The van der Waals surface area contributed by atoms with Gasteiger partial charge in [-0.25, -0.2) is 9.18 Å². The predicted molar refractivity (Wildman–Crippen MR) is 124 cm³/mol. The second-order valence-electron chi connectivity index (χ2n) is 6.98. The van der Waals surface area contributed by atoms with Gasteiger partial charge in [-0.15, -0.1) is 0 Å². The van der Waals surface area contributed by atoms with E-state index < -0.39 is 5.97 Å². The number of methoxy groups -OCH3 is 2. The van der Waals surface area contributed by atoms with Crippen LogP contribution in [0.25, 0.3) is 11.6 Å². The van der Waals surface area contributed by atoms with Crippen LogP contribution in [0.5, 0.6) is 5.75 Å². The van der Waals surface area contributed by atoms with E-state index in [1.54, 1.807) is 48.5 Å². The van der Waals surface area contributed by atoms with Crippen LogP contribution < -0.4 is 4.74 Å². The third-order valence-corrected chi connectivity index (χ3v) is 4.76. The van der Waals surface area contributed by atoms with E-state index in [4.69, 9.17) is 14.2 Å². The maximum Gasteiger partial charge on any atom is 0.341 e. The monoisotopic (exact) mass is 446 g/mol. The maximum atomic E-state index is 13.3. The minimum absolute atomic E-state index is 0.195. The number of carbonyl (C=O) groups excluding carboxylic acids is 2. The highest BCUT2D eigenvalue weighted by Crippen LogP contribution is 2.23. The van der Waals surface area contributed by atoms with Gasteiger partial charge in [-0.05, 0) is 59.2 Å². The van der Waals surface area contributed by atoms with Crippen LogP contribution >= 0.6 is 0 Å². The zero-order valence-electron chi connectivity index (χ0n) is 18.3. The summed E-state index contributed by atoms with van der Waals surface area (Å²) in [5.41, 5.74) is 2.78. The van der Waals surface area contributed by atoms with Gasteiger partial charge in [-0.1, -0.05) is 42.5 Å². The Hall–Kier alpha value is -4.19. The molecule has 0 aromatic heterocycles. The van der Waals surface area contributed by atoms with Gasteiger partial charge in [0.2, 0.25) is 0 Å². The van der Waals surface area contributed by atoms with Gasteiger partial charge in [-0.2, -0.15) is 0 Å². The van der Waals surface area contributed by atoms with Crippen molar-refractivity contribution in [1.29, 1.82) is 0 Å². The summed E-state index contributed by atoms with van der Waals surface area (Å²) in [5, 5.41) is 0. The van der Waals surface area contributed by atoms with E-state index in [-0.39, 0.29) is 23.8 Å². The van der Waals surface area contributed by atoms with Crippen LogP contribution in [0.4, 0.5) is 4.39 Å². The van der Waals surface area contributed by atoms with Gasteiger partial charge in [0.25, 0.3) is 0 Å². The second kappa shape index (κ2) is 11.4. The Bertz CT molecular complexity index is 1180. The molecule has 3 aromatic carbocycles. The fraction of sp³-hybridized carbons (Fsp3) is 0.111. The predicted octanol–water partition coefficient (Wildman–Crippen LogP) is 5.46. The number of halogens is 1. The summed E-state index contributed by atoms with van der Waals surface area (Å²) < 4.78 is 29.0. The Morgan fingerprint density at radius 1 is 0.939 bits per heavy atom. The van der Waals surface area contributed by atoms with E-state index in [0.717, 1.165) is 5.56 Å². The van der Waals surface area contributed by atoms with Crippen LogP contribution in [0.2, 0.25) is 0 Å². The molecular weight excluding hydrogens is 423 g/mol. The van der Waals surface area contributed by atoms with E-state index in [1.165, 1.54) is 38.7 Å². The molecule has 0 atom stereocenters. The molecule has 3 rings (SSSR count). The summed E-state index contributed by atoms with van der Waals surface area (Å²) in [7, 11) is 2.76. The minimum Gasteiger partial charge on any atom is -0.503 e. The number of hydrogen-bond acceptors (Lipinski definition) is 5. The van der Waals surface area contributed by atoms with Crippen LogP contribution in [-0.2, 0) is 20.9 Å². The molecule has 0 radical (unpaired) electrons. The summed E-state index contributed by atoms with van der Waals surface area (Å²) in [6.45, 7) is 0.195. The van der Waals surface area contributed by atoms with Crippen molar-refractivity contribution in [3.8, 4) is 5.75 Å². The summed E-state index contributed by atoms with van der Waals surface area (Å²) >= 11 is 0. The highest BCUT2D eigenvalue weighted by Gasteiger charge is 2.17. The number of benzene rings is 3. The lowest BCUT2D eigenvalue weighted by Gasteiger charge is -2.13. The van der Waals surface area contributed by atoms with Crippen molar-refractivity contribution in [3.63, 3.8) is 0 Å². The van der Waals surface area contributed by atoms with Crippen molar-refractivity contribution in [2.24, 2.45) is 0 Å². The van der Waals surface area contributed by atoms with E-state index >= 15 is 0 Å². The van der Waals surface area contributed by atoms with Crippen LogP contribution in [0, 0.1) is 5.82 Å². The Labute approximate surface area is 191 Å². The second-order valence-corrected chi connectivity index (χ2v) is 6.98. The van der Waals surface area contributed by atoms with E-state index in [0.29, 0.717) is 22.4 Å². The first kappa shape index (κ1) is 23.5. The lowest BCUT2D eigenvalue weighted by atomic mass is 10.0. The molecule has 0 spiro atoms. The molecule has 168 valence electrons. The fourth-order valence-electron chi connectivity index (χ4n) is 3.11. The molecule has 0 saturated heterocycles. The van der Waals surface area contributed by atoms with Gasteiger partial charge < -0.3 is 14.2 Å². The molecule has 0 aliphatic heterocycles. The van der Waals surface area contributed by atoms with Crippen LogP contribution in [-0.4, -0.2) is 26.0 Å². The first-order chi connectivity index (χ1) is 16.0. The topological polar surface area (TPSA) is 61.8 Å². The normalized spacial score (nSPS) is 11.3. The molecule has 0 aliphatic carbocycles. The van der Waals surface area contributed by atoms with E-state index in [1.807, 2.05) is 18.2 Å². The number of carbonyl (C=O) groups is 2. The summed E-state index contributed by atoms with van der Waals surface area (Å²) in [4.78, 5) is 24.5. The van der Waals surface area contributed by atoms with Crippen molar-refractivity contribution < 1.29 is 28.2 Å². The van der Waals surface area contributed by atoms with Crippen LogP contribution in [0.1, 0.15) is 27.0 Å². The van der Waals surface area contributed by atoms with Crippen LogP contribution in [0.15, 0.2) is 85.1 Å². The van der Waals surface area contributed by atoms with E-state index in [2.05, 4.69) is 0 Å². The smallest absolute Gasteiger partial charge is 0.341 e. The molecule has 0 N–H and O–H groups in total. The van der Waals surface area contributed by atoms with Crippen molar-refractivity contribution in [2.75, 3.05) is 14.2 Å². The number of rotatable bonds is 9. The maximum absolute atomic E-state index is 13.3. The molecule has 33 heavy (non-hydrogen) atoms. The van der Waals surface area contributed by atoms with Crippen molar-refractivity contribution in [2.45, 2.75) is 6.61 Å². The van der Waals surface area contributed by atoms with E-state index in [9.17, 15) is 14.0 Å². The SMILES string of the molecule is CO/C=C(/C(=O)OC)c1ccccc1COc1ccc(C(=O)/C=C/c2cccc(F)c2)cc1. The Kier molecular flexibility index (Phi) is 8.13. The third-order valence-electron chi connectivity index (χ3n) is 4.76. The largest absolute Gasteiger partial charge is 0.503 e. The Morgan fingerprint density at radius 3 is 2.39 bits per heavy atom. The van der Waals surface area contributed by atoms with Gasteiger partial charge in [0.1, 0.15) is 23.7 Å². The molecular formula is C27H23FO5. The number of allylic oxidation sites excluding steroid dienone is 1. The molecule has 0 amide bonds. The fourth-order valence-corrected chi connectivity index (χ4v) is 3.11. The molecule has 0 fully saturated rings. The molecule has 0 aliphatic rings. The molecule has 6 heteroatoms. The third kappa shape index (κ3) is 6.40. The molecule has 5 nitrogen and oxygen atoms in total. The van der Waals surface area contributed by atoms with Gasteiger partial charge in [0.05, 0.1) is 20.5 Å². The van der Waals surface area contributed by atoms with Gasteiger partial charge >= 0.3 is 5.97 Å². The summed E-state index contributed by atoms with van der Waals surface area (Å²) in [6, 6.07) is 20.0. The molecule has 0 saturated carbocycles. The molecule has 3 aromatic rings. The van der Waals surface area contributed by atoms with Crippen molar-refractivity contribution in [1.82, 2.24) is 0 Å². The zero-order valence-corrected chi connectivity index (χ0v) is 18.3. The number of ketones is 1. The van der Waals surface area contributed by atoms with Crippen LogP contribution in [0.3, 0.4) is 0 Å². The number of esters is 1. The quantitative estimate of drug-likeness (QED) is 0.189. The highest BCUT2D eigenvalue weighted by molar-refractivity contribution is 6.16. The Balaban J connectivity index is 1.68. The number of ether oxygens (including phenoxy) is 3. The highest BCUT2D eigenvalue weighted by atomic mass is 19.1. The van der Waals surface area contributed by atoms with Gasteiger partial charge in [0.15, 0.2) is 5.78 Å². The summed E-state index contributed by atoms with van der Waals surface area (Å²) in [5.74, 6) is -0.517. The zero-order chi connectivity index (χ0) is 23.6. The Morgan fingerprint density at radius 2 is 1.70 bits per heavy atom. The lowest BCUT2D eigenvalue weighted by Crippen LogP contribution is -2.08. The first-order valence-corrected chi connectivity index (χ1v) is 10.1. The lowest BCUT2D eigenvalue weighted by molar-refractivity contribution is -0.133. The average Bonchev–Trinajstić information content (AvgIpc) is 2.85. The average molecular weight is 446 g/mol. The summed E-state index contributed by atoms with van der Waals surface area (Å²) in [6.07, 6.45) is 4.30. The minimum atomic E-state index is -0.515. The van der Waals surface area contributed by atoms with Gasteiger partial charge in [0, 0.05) is 5.56 Å². The standard InChI is InChI=1S/C27H23FO5/c1-31-18-25(27(30)32-2)24-9-4-3-7-21(24)17-33-23-13-11-20(12-14-23)26(29)15-10-19-6-5-8-22(28)16-19/h3-16,18H,17H2,1-2H3/b15-10+,25-18+. The van der Waals surface area contributed by atoms with Crippen molar-refractivity contribution >= 4 is 23.4 Å².